The van der Waals surface area contributed by atoms with Crippen molar-refractivity contribution in [2.75, 3.05) is 39.3 Å². The lowest BCUT2D eigenvalue weighted by molar-refractivity contribution is -0.165. The Morgan fingerprint density at radius 1 is 0.851 bits per heavy atom. The number of fused-ring (bicyclic) bond motifs is 3. The number of amides is 3. The molecule has 1 saturated heterocycles. The van der Waals surface area contributed by atoms with E-state index in [2.05, 4.69) is 17.2 Å². The molecular weight excluding hydrogens is 863 g/mol. The number of likely N-dealkylation sites (tertiary alicyclic amines) is 1. The van der Waals surface area contributed by atoms with E-state index < -0.39 is 71.6 Å². The number of carboxylic acids is 1. The molecule has 0 saturated carbocycles. The van der Waals surface area contributed by atoms with E-state index in [0.29, 0.717) is 36.3 Å². The van der Waals surface area contributed by atoms with Crippen LogP contribution in [0.1, 0.15) is 80.2 Å². The highest BCUT2D eigenvalue weighted by Crippen LogP contribution is 2.44. The summed E-state index contributed by atoms with van der Waals surface area (Å²) in [5.41, 5.74) is 4.17. The number of Topliss-reactive ketones (excluding diaryl/α,β-unsaturated/α-hetero) is 1. The number of alkyl carbamates (subject to hydrolysis) is 1. The minimum Gasteiger partial charge on any atom is -0.493 e. The maximum absolute atomic E-state index is 14.2. The van der Waals surface area contributed by atoms with E-state index in [-0.39, 0.29) is 44.2 Å². The molecule has 0 radical (unpaired) electrons. The Hall–Kier alpha value is -7.49. The van der Waals surface area contributed by atoms with Crippen LogP contribution >= 0.6 is 0 Å². The zero-order valence-electron chi connectivity index (χ0n) is 37.9. The molecule has 4 aromatic rings. The third kappa shape index (κ3) is 12.1. The number of methoxy groups -OCH3 is 2. The molecule has 1 aliphatic carbocycles. The Labute approximate surface area is 388 Å². The van der Waals surface area contributed by atoms with Crippen molar-refractivity contribution >= 4 is 47.3 Å². The smallest absolute Gasteiger partial charge is 0.407 e. The minimum absolute atomic E-state index is 0.0522. The number of rotatable bonds is 20. The first-order valence-electron chi connectivity index (χ1n) is 21.9. The lowest BCUT2D eigenvalue weighted by Gasteiger charge is -2.36. The first-order chi connectivity index (χ1) is 32.1. The number of aryl methyl sites for hydroxylation is 1. The van der Waals surface area contributed by atoms with Gasteiger partial charge in [0.15, 0.2) is 11.5 Å². The van der Waals surface area contributed by atoms with Gasteiger partial charge < -0.3 is 44.3 Å². The molecule has 16 heteroatoms. The van der Waals surface area contributed by atoms with Crippen molar-refractivity contribution in [3.8, 4) is 22.6 Å². The summed E-state index contributed by atoms with van der Waals surface area (Å²) in [6.07, 6.45) is 0.342. The van der Waals surface area contributed by atoms with Crippen molar-refractivity contribution in [3.05, 3.63) is 126 Å². The van der Waals surface area contributed by atoms with Crippen LogP contribution in [0.4, 0.5) is 10.5 Å². The molecule has 16 nitrogen and oxygen atoms in total. The second kappa shape index (κ2) is 22.1. The number of hydrogen-bond donors (Lipinski definition) is 3. The standard InChI is InChI=1S/C51H55N3O13/c1-6-45(56)66-30-51(2,3)46(57)47(58)54-25-12-11-20-40(54)49(61)67-41(23-21-31-22-24-42(63-4)43(26-31)64-5)32-14-13-15-33(27-32)52-44(55)28-39(48(59)60)53-50(62)65-29-38-36-18-9-7-16-34(36)35-17-8-10-19-37(35)38/h6-10,13-19,22,24,26-27,38-41H,1,11-12,20-21,23,25,28-30H2,2-5H3,(H,52,55)(H,53,62)(H,59,60)/t39?,40?,41-/m1/s1. The highest BCUT2D eigenvalue weighted by atomic mass is 16.6. The van der Waals surface area contributed by atoms with E-state index in [0.717, 1.165) is 33.9 Å². The number of nitrogens with one attached hydrogen (secondary N) is 2. The number of benzene rings is 4. The van der Waals surface area contributed by atoms with Gasteiger partial charge in [0.1, 0.15) is 31.4 Å². The minimum atomic E-state index is -1.63. The van der Waals surface area contributed by atoms with Crippen LogP contribution in [0.15, 0.2) is 104 Å². The van der Waals surface area contributed by atoms with Crippen LogP contribution in [0.3, 0.4) is 0 Å². The molecule has 3 atom stereocenters. The summed E-state index contributed by atoms with van der Waals surface area (Å²) >= 11 is 0. The van der Waals surface area contributed by atoms with Crippen LogP contribution in [-0.2, 0) is 49.4 Å². The number of aliphatic carboxylic acids is 1. The fourth-order valence-corrected chi connectivity index (χ4v) is 8.26. The predicted octanol–water partition coefficient (Wildman–Crippen LogP) is 6.95. The Morgan fingerprint density at radius 2 is 1.54 bits per heavy atom. The van der Waals surface area contributed by atoms with Crippen LogP contribution in [0, 0.1) is 5.41 Å². The predicted molar refractivity (Wildman–Crippen MR) is 245 cm³/mol. The second-order valence-corrected chi connectivity index (χ2v) is 16.9. The SMILES string of the molecule is C=CC(=O)OCC(C)(C)C(=O)C(=O)N1CCCCC1C(=O)O[C@H](CCc1ccc(OC)c(OC)c1)c1cccc(NC(=O)CC(NC(=O)OCC2c3ccccc3-c3ccccc32)C(=O)O)c1. The zero-order chi connectivity index (χ0) is 48.3. The Morgan fingerprint density at radius 3 is 2.19 bits per heavy atom. The van der Waals surface area contributed by atoms with Crippen LogP contribution in [0.25, 0.3) is 11.1 Å². The van der Waals surface area contributed by atoms with Gasteiger partial charge in [-0.2, -0.15) is 0 Å². The molecule has 3 amide bonds. The molecule has 3 N–H and O–H groups in total. The van der Waals surface area contributed by atoms with Gasteiger partial charge in [0, 0.05) is 24.2 Å². The summed E-state index contributed by atoms with van der Waals surface area (Å²) in [5, 5.41) is 15.0. The third-order valence-corrected chi connectivity index (χ3v) is 11.9. The van der Waals surface area contributed by atoms with E-state index in [9.17, 15) is 38.7 Å². The number of piperidine rings is 1. The molecule has 1 aliphatic heterocycles. The number of ether oxygens (including phenoxy) is 5. The molecule has 0 spiro atoms. The summed E-state index contributed by atoms with van der Waals surface area (Å²) in [6, 6.07) is 24.7. The average Bonchev–Trinajstić information content (AvgIpc) is 3.66. The van der Waals surface area contributed by atoms with Gasteiger partial charge in [0.25, 0.3) is 5.91 Å². The molecule has 6 rings (SSSR count). The largest absolute Gasteiger partial charge is 0.493 e. The van der Waals surface area contributed by atoms with Gasteiger partial charge in [0.2, 0.25) is 11.7 Å². The normalized spacial score (nSPS) is 15.1. The van der Waals surface area contributed by atoms with Crippen LogP contribution in [-0.4, -0.2) is 97.7 Å². The van der Waals surface area contributed by atoms with Crippen molar-refractivity contribution in [2.45, 2.75) is 76.5 Å². The van der Waals surface area contributed by atoms with Gasteiger partial charge in [-0.05, 0) is 104 Å². The number of anilines is 1. The summed E-state index contributed by atoms with van der Waals surface area (Å²) < 4.78 is 27.7. The maximum atomic E-state index is 14.2. The number of esters is 2. The first-order valence-corrected chi connectivity index (χ1v) is 21.9. The van der Waals surface area contributed by atoms with Crippen molar-refractivity contribution in [1.82, 2.24) is 10.2 Å². The van der Waals surface area contributed by atoms with Gasteiger partial charge in [-0.25, -0.2) is 19.2 Å². The zero-order valence-corrected chi connectivity index (χ0v) is 37.9. The fraction of sp³-hybridized carbons (Fsp3) is 0.353. The number of ketones is 1. The molecule has 1 fully saturated rings. The van der Waals surface area contributed by atoms with E-state index in [1.165, 1.54) is 33.0 Å². The molecular formula is C51H55N3O13. The van der Waals surface area contributed by atoms with Gasteiger partial charge in [0.05, 0.1) is 26.1 Å². The van der Waals surface area contributed by atoms with Crippen LogP contribution in [0.2, 0.25) is 0 Å². The van der Waals surface area contributed by atoms with Crippen LogP contribution < -0.4 is 20.1 Å². The molecule has 352 valence electrons. The third-order valence-electron chi connectivity index (χ3n) is 11.9. The van der Waals surface area contributed by atoms with Crippen molar-refractivity contribution in [3.63, 3.8) is 0 Å². The average molecular weight is 918 g/mol. The maximum Gasteiger partial charge on any atom is 0.407 e. The number of carboxylic acid groups (broad SMARTS) is 1. The van der Waals surface area contributed by atoms with E-state index in [1.54, 1.807) is 36.4 Å². The van der Waals surface area contributed by atoms with Gasteiger partial charge >= 0.3 is 24.0 Å². The lowest BCUT2D eigenvalue weighted by Crippen LogP contribution is -2.53. The van der Waals surface area contributed by atoms with E-state index in [4.69, 9.17) is 23.7 Å². The van der Waals surface area contributed by atoms with Gasteiger partial charge in [-0.1, -0.05) is 73.3 Å². The van der Waals surface area contributed by atoms with Crippen molar-refractivity contribution in [2.24, 2.45) is 5.41 Å². The fourth-order valence-electron chi connectivity index (χ4n) is 8.26. The van der Waals surface area contributed by atoms with E-state index >= 15 is 0 Å². The van der Waals surface area contributed by atoms with Gasteiger partial charge in [-0.15, -0.1) is 0 Å². The molecule has 2 unspecified atom stereocenters. The first kappa shape index (κ1) is 49.0. The highest BCUT2D eigenvalue weighted by Gasteiger charge is 2.42. The second-order valence-electron chi connectivity index (χ2n) is 16.9. The summed E-state index contributed by atoms with van der Waals surface area (Å²) in [6.45, 7) is 5.99. The topological polar surface area (TPSA) is 213 Å². The van der Waals surface area contributed by atoms with E-state index in [1.807, 2.05) is 54.6 Å². The number of carbonyl (C=O) groups is 7. The molecule has 4 aromatic carbocycles. The molecule has 2 aliphatic rings. The quantitative estimate of drug-likeness (QED) is 0.0355. The summed E-state index contributed by atoms with van der Waals surface area (Å²) in [5.74, 6) is -4.65. The molecule has 1 heterocycles. The molecule has 67 heavy (non-hydrogen) atoms. The summed E-state index contributed by atoms with van der Waals surface area (Å²) in [7, 11) is 3.03. The lowest BCUT2D eigenvalue weighted by atomic mass is 9.87. The monoisotopic (exact) mass is 917 g/mol. The summed E-state index contributed by atoms with van der Waals surface area (Å²) in [4.78, 5) is 93.0. The highest BCUT2D eigenvalue weighted by molar-refractivity contribution is 6.38. The Bertz CT molecular complexity index is 2470. The van der Waals surface area contributed by atoms with Gasteiger partial charge in [-0.3, -0.25) is 14.4 Å². The Kier molecular flexibility index (Phi) is 16.2. The number of hydrogen-bond acceptors (Lipinski definition) is 12. The van der Waals surface area contributed by atoms with Crippen LogP contribution in [0.5, 0.6) is 11.5 Å². The van der Waals surface area contributed by atoms with Crippen molar-refractivity contribution < 1.29 is 62.4 Å². The Balaban J connectivity index is 1.15. The number of nitrogens with zero attached hydrogens (tertiary/aromatic N) is 1. The van der Waals surface area contributed by atoms with Crippen molar-refractivity contribution in [1.29, 1.82) is 0 Å². The number of carbonyl (C=O) groups excluding carboxylic acids is 6. The molecule has 0 bridgehead atoms. The molecule has 0 aromatic heterocycles.